The van der Waals surface area contributed by atoms with Crippen molar-refractivity contribution in [3.8, 4) is 17.2 Å². The number of nitrogens with one attached hydrogen (secondary N) is 2. The van der Waals surface area contributed by atoms with E-state index in [9.17, 15) is 9.90 Å². The number of aromatic hydroxyl groups is 1. The number of phenols is 1. The predicted molar refractivity (Wildman–Crippen MR) is 126 cm³/mol. The second-order valence-corrected chi connectivity index (χ2v) is 7.64. The molecule has 1 amide bonds. The third-order valence-corrected chi connectivity index (χ3v) is 5.16. The number of aryl methyl sites for hydroxylation is 1. The van der Waals surface area contributed by atoms with Gasteiger partial charge in [-0.05, 0) is 61.1 Å². The molecule has 0 aliphatic rings. The molecule has 0 spiro atoms. The Hall–Kier alpha value is -4.17. The summed E-state index contributed by atoms with van der Waals surface area (Å²) in [5, 5.41) is 17.0. The van der Waals surface area contributed by atoms with Crippen molar-refractivity contribution in [3.05, 3.63) is 78.1 Å². The Kier molecular flexibility index (Phi) is 4.84. The molecule has 0 unspecified atom stereocenters. The number of furan rings is 1. The van der Waals surface area contributed by atoms with E-state index in [1.54, 1.807) is 37.3 Å². The summed E-state index contributed by atoms with van der Waals surface area (Å²) in [5.74, 6) is 0.0322. The van der Waals surface area contributed by atoms with Crippen molar-refractivity contribution < 1.29 is 18.7 Å². The van der Waals surface area contributed by atoms with Crippen LogP contribution in [0.4, 0.5) is 5.69 Å². The van der Waals surface area contributed by atoms with Gasteiger partial charge in [0, 0.05) is 11.1 Å². The van der Waals surface area contributed by atoms with Crippen LogP contribution in [-0.4, -0.2) is 21.1 Å². The Balaban J connectivity index is 1.37. The van der Waals surface area contributed by atoms with Crippen molar-refractivity contribution in [1.82, 2.24) is 10.3 Å². The fourth-order valence-corrected chi connectivity index (χ4v) is 3.63. The number of fused-ring (bicyclic) bond motifs is 2. The SMILES string of the molecule is Cc1cc(NC(=S)NC(=O)c2cc3ccccc3o2)cc(-c2nc3ccccc3o2)c1O. The zero-order chi connectivity index (χ0) is 22.2. The van der Waals surface area contributed by atoms with E-state index in [-0.39, 0.29) is 22.5 Å². The maximum absolute atomic E-state index is 12.5. The summed E-state index contributed by atoms with van der Waals surface area (Å²) < 4.78 is 11.4. The number of anilines is 1. The quantitative estimate of drug-likeness (QED) is 0.254. The number of carbonyl (C=O) groups is 1. The van der Waals surface area contributed by atoms with Gasteiger partial charge in [0.1, 0.15) is 16.8 Å². The third kappa shape index (κ3) is 3.67. The lowest BCUT2D eigenvalue weighted by molar-refractivity contribution is 0.0953. The highest BCUT2D eigenvalue weighted by Crippen LogP contribution is 2.36. The van der Waals surface area contributed by atoms with E-state index in [1.807, 2.05) is 36.4 Å². The lowest BCUT2D eigenvalue weighted by atomic mass is 10.1. The molecule has 3 N–H and O–H groups in total. The van der Waals surface area contributed by atoms with E-state index in [2.05, 4.69) is 15.6 Å². The van der Waals surface area contributed by atoms with Crippen LogP contribution in [-0.2, 0) is 0 Å². The second kappa shape index (κ2) is 7.82. The fourth-order valence-electron chi connectivity index (χ4n) is 3.42. The minimum Gasteiger partial charge on any atom is -0.507 e. The number of carbonyl (C=O) groups excluding carboxylic acids is 1. The van der Waals surface area contributed by atoms with Gasteiger partial charge >= 0.3 is 0 Å². The lowest BCUT2D eigenvalue weighted by Crippen LogP contribution is -2.33. The first-order valence-corrected chi connectivity index (χ1v) is 10.2. The highest BCUT2D eigenvalue weighted by molar-refractivity contribution is 7.80. The van der Waals surface area contributed by atoms with Crippen LogP contribution in [0.2, 0.25) is 0 Å². The van der Waals surface area contributed by atoms with Gasteiger partial charge in [-0.3, -0.25) is 10.1 Å². The Morgan fingerprint density at radius 2 is 1.75 bits per heavy atom. The minimum absolute atomic E-state index is 0.0549. The van der Waals surface area contributed by atoms with Crippen LogP contribution in [0.15, 0.2) is 75.6 Å². The molecule has 158 valence electrons. The van der Waals surface area contributed by atoms with Gasteiger partial charge in [0.15, 0.2) is 16.5 Å². The molecule has 0 atom stereocenters. The molecular weight excluding hydrogens is 426 g/mol. The number of hydrogen-bond acceptors (Lipinski definition) is 6. The Morgan fingerprint density at radius 1 is 1.00 bits per heavy atom. The van der Waals surface area contributed by atoms with Gasteiger partial charge in [-0.2, -0.15) is 0 Å². The third-order valence-electron chi connectivity index (χ3n) is 4.96. The maximum atomic E-state index is 12.5. The van der Waals surface area contributed by atoms with Crippen molar-refractivity contribution in [2.24, 2.45) is 0 Å². The smallest absolute Gasteiger partial charge is 0.293 e. The number of phenolic OH excluding ortho intramolecular Hbond substituents is 1. The van der Waals surface area contributed by atoms with Gasteiger partial charge in [-0.15, -0.1) is 0 Å². The van der Waals surface area contributed by atoms with E-state index in [0.717, 1.165) is 5.39 Å². The molecule has 0 fully saturated rings. The first kappa shape index (κ1) is 19.8. The number of benzene rings is 3. The topological polar surface area (TPSA) is 101 Å². The van der Waals surface area contributed by atoms with Gasteiger partial charge in [0.2, 0.25) is 5.89 Å². The molecule has 0 bridgehead atoms. The number of nitrogens with zero attached hydrogens (tertiary/aromatic N) is 1. The predicted octanol–water partition coefficient (Wildman–Crippen LogP) is 5.38. The average molecular weight is 443 g/mol. The van der Waals surface area contributed by atoms with E-state index >= 15 is 0 Å². The van der Waals surface area contributed by atoms with Crippen LogP contribution in [0.25, 0.3) is 33.5 Å². The Morgan fingerprint density at radius 3 is 2.53 bits per heavy atom. The first-order valence-electron chi connectivity index (χ1n) is 9.78. The van der Waals surface area contributed by atoms with E-state index in [1.165, 1.54) is 0 Å². The molecular formula is C24H17N3O4S. The number of para-hydroxylation sites is 3. The first-order chi connectivity index (χ1) is 15.5. The largest absolute Gasteiger partial charge is 0.507 e. The molecule has 32 heavy (non-hydrogen) atoms. The molecule has 8 heteroatoms. The van der Waals surface area contributed by atoms with E-state index in [0.29, 0.717) is 33.5 Å². The minimum atomic E-state index is -0.464. The molecule has 0 saturated heterocycles. The van der Waals surface area contributed by atoms with Crippen LogP contribution in [0.1, 0.15) is 16.1 Å². The molecule has 0 aliphatic heterocycles. The molecule has 2 aromatic heterocycles. The van der Waals surface area contributed by atoms with Crippen LogP contribution >= 0.6 is 12.2 Å². The van der Waals surface area contributed by atoms with Crippen molar-refractivity contribution in [2.75, 3.05) is 5.32 Å². The van der Waals surface area contributed by atoms with Crippen molar-refractivity contribution in [1.29, 1.82) is 0 Å². The summed E-state index contributed by atoms with van der Waals surface area (Å²) in [6.07, 6.45) is 0. The number of thiocarbonyl (C=S) groups is 1. The average Bonchev–Trinajstić information content (AvgIpc) is 3.40. The van der Waals surface area contributed by atoms with Crippen molar-refractivity contribution in [3.63, 3.8) is 0 Å². The zero-order valence-corrected chi connectivity index (χ0v) is 17.7. The van der Waals surface area contributed by atoms with Crippen LogP contribution in [0.3, 0.4) is 0 Å². The number of amides is 1. The zero-order valence-electron chi connectivity index (χ0n) is 16.9. The van der Waals surface area contributed by atoms with Gasteiger partial charge in [0.05, 0.1) is 5.56 Å². The van der Waals surface area contributed by atoms with Gasteiger partial charge in [0.25, 0.3) is 5.91 Å². The molecule has 2 heterocycles. The number of oxazole rings is 1. The van der Waals surface area contributed by atoms with Gasteiger partial charge < -0.3 is 19.3 Å². The van der Waals surface area contributed by atoms with E-state index < -0.39 is 5.91 Å². The number of rotatable bonds is 3. The van der Waals surface area contributed by atoms with Crippen LogP contribution < -0.4 is 10.6 Å². The maximum Gasteiger partial charge on any atom is 0.293 e. The molecule has 5 rings (SSSR count). The highest BCUT2D eigenvalue weighted by Gasteiger charge is 2.17. The molecule has 0 aliphatic carbocycles. The summed E-state index contributed by atoms with van der Waals surface area (Å²) >= 11 is 5.30. The Bertz CT molecular complexity index is 1440. The highest BCUT2D eigenvalue weighted by atomic mass is 32.1. The van der Waals surface area contributed by atoms with Gasteiger partial charge in [-0.1, -0.05) is 30.3 Å². The molecule has 0 saturated carbocycles. The lowest BCUT2D eigenvalue weighted by Gasteiger charge is -2.12. The molecule has 3 aromatic carbocycles. The van der Waals surface area contributed by atoms with Gasteiger partial charge in [-0.25, -0.2) is 4.98 Å². The van der Waals surface area contributed by atoms with Crippen LogP contribution in [0, 0.1) is 6.92 Å². The van der Waals surface area contributed by atoms with Crippen LogP contribution in [0.5, 0.6) is 5.75 Å². The monoisotopic (exact) mass is 443 g/mol. The second-order valence-electron chi connectivity index (χ2n) is 7.23. The number of aromatic nitrogens is 1. The molecule has 7 nitrogen and oxygen atoms in total. The molecule has 5 aromatic rings. The summed E-state index contributed by atoms with van der Waals surface area (Å²) in [7, 11) is 0. The summed E-state index contributed by atoms with van der Waals surface area (Å²) in [4.78, 5) is 17.0. The van der Waals surface area contributed by atoms with Crippen molar-refractivity contribution in [2.45, 2.75) is 6.92 Å². The number of hydrogen-bond donors (Lipinski definition) is 3. The summed E-state index contributed by atoms with van der Waals surface area (Å²) in [5.41, 5.74) is 3.49. The Labute approximate surface area is 187 Å². The summed E-state index contributed by atoms with van der Waals surface area (Å²) in [6, 6.07) is 19.7. The van der Waals surface area contributed by atoms with Crippen molar-refractivity contribution >= 4 is 51.0 Å². The standard InChI is InChI=1S/C24H17N3O4S/c1-13-10-15(12-16(21(13)28)23-26-17-7-3-5-9-19(17)31-23)25-24(32)27-22(29)20-11-14-6-2-4-8-18(14)30-20/h2-12,28H,1H3,(H2,25,27,29,32). The molecule has 0 radical (unpaired) electrons. The fraction of sp³-hybridized carbons (Fsp3) is 0.0417. The summed E-state index contributed by atoms with van der Waals surface area (Å²) in [6.45, 7) is 1.75. The van der Waals surface area contributed by atoms with E-state index in [4.69, 9.17) is 21.1 Å². The normalized spacial score (nSPS) is 11.0.